The molecule has 0 N–H and O–H groups in total. The summed E-state index contributed by atoms with van der Waals surface area (Å²) in [5, 5.41) is 0. The highest BCUT2D eigenvalue weighted by Crippen LogP contribution is 2.21. The van der Waals surface area contributed by atoms with Crippen LogP contribution in [0.4, 0.5) is 4.39 Å². The van der Waals surface area contributed by atoms with Crippen molar-refractivity contribution in [2.24, 2.45) is 5.92 Å². The Bertz CT molecular complexity index is 283. The molecule has 0 aliphatic carbocycles. The quantitative estimate of drug-likeness (QED) is 0.711. The van der Waals surface area contributed by atoms with Crippen molar-refractivity contribution in [2.75, 3.05) is 0 Å². The maximum Gasteiger partial charge on any atom is 0.123 e. The summed E-state index contributed by atoms with van der Waals surface area (Å²) in [4.78, 5) is 0.482. The van der Waals surface area contributed by atoms with E-state index in [0.29, 0.717) is 10.7 Å². The molecule has 0 aliphatic rings. The first-order chi connectivity index (χ1) is 6.63. The topological polar surface area (TPSA) is 0 Å². The van der Waals surface area contributed by atoms with Crippen LogP contribution in [0.2, 0.25) is 0 Å². The second-order valence-corrected chi connectivity index (χ2v) is 5.12. The number of benzene rings is 1. The van der Waals surface area contributed by atoms with Crippen LogP contribution in [0.5, 0.6) is 0 Å². The first kappa shape index (κ1) is 11.7. The molecule has 14 heavy (non-hydrogen) atoms. The van der Waals surface area contributed by atoms with Gasteiger partial charge in [0.2, 0.25) is 0 Å². The van der Waals surface area contributed by atoms with Crippen molar-refractivity contribution >= 4 is 15.9 Å². The average molecular weight is 259 g/mol. The first-order valence-electron chi connectivity index (χ1n) is 5.02. The Labute approximate surface area is 93.7 Å². The Morgan fingerprint density at radius 1 is 1.43 bits per heavy atom. The minimum absolute atomic E-state index is 0.139. The summed E-state index contributed by atoms with van der Waals surface area (Å²) in [5.74, 6) is 0.441. The summed E-state index contributed by atoms with van der Waals surface area (Å²) in [6.07, 6.45) is 2.06. The fraction of sp³-hybridized carbons (Fsp3) is 0.500. The fourth-order valence-corrected chi connectivity index (χ4v) is 2.16. The highest BCUT2D eigenvalue weighted by Gasteiger charge is 2.13. The zero-order valence-electron chi connectivity index (χ0n) is 8.63. The van der Waals surface area contributed by atoms with E-state index in [4.69, 9.17) is 0 Å². The Kier molecular flexibility index (Phi) is 4.59. The van der Waals surface area contributed by atoms with Crippen molar-refractivity contribution in [1.29, 1.82) is 0 Å². The molecule has 0 saturated carbocycles. The number of halogens is 2. The summed E-state index contributed by atoms with van der Waals surface area (Å²) in [5.41, 5.74) is 1.09. The molecule has 0 radical (unpaired) electrons. The predicted molar refractivity (Wildman–Crippen MR) is 62.3 cm³/mol. The van der Waals surface area contributed by atoms with Gasteiger partial charge >= 0.3 is 0 Å². The van der Waals surface area contributed by atoms with E-state index in [1.54, 1.807) is 12.1 Å². The maximum absolute atomic E-state index is 12.9. The predicted octanol–water partition coefficient (Wildman–Crippen LogP) is 4.18. The number of rotatable bonds is 4. The largest absolute Gasteiger partial charge is 0.207 e. The molecule has 0 spiro atoms. The molecule has 1 aromatic rings. The Morgan fingerprint density at radius 2 is 2.14 bits per heavy atom. The van der Waals surface area contributed by atoms with E-state index in [-0.39, 0.29) is 5.82 Å². The van der Waals surface area contributed by atoms with E-state index in [0.717, 1.165) is 18.4 Å². The molecular weight excluding hydrogens is 243 g/mol. The van der Waals surface area contributed by atoms with Crippen LogP contribution in [0, 0.1) is 11.7 Å². The monoisotopic (exact) mass is 258 g/mol. The van der Waals surface area contributed by atoms with Gasteiger partial charge < -0.3 is 0 Å². The Balaban J connectivity index is 2.67. The summed E-state index contributed by atoms with van der Waals surface area (Å²) in [6.45, 7) is 4.31. The van der Waals surface area contributed by atoms with Gasteiger partial charge in [-0.15, -0.1) is 0 Å². The molecule has 2 atom stereocenters. The van der Waals surface area contributed by atoms with Gasteiger partial charge in [0.05, 0.1) is 0 Å². The smallest absolute Gasteiger partial charge is 0.123 e. The van der Waals surface area contributed by atoms with E-state index < -0.39 is 0 Å². The average Bonchev–Trinajstić information content (AvgIpc) is 2.14. The lowest BCUT2D eigenvalue weighted by atomic mass is 9.94. The van der Waals surface area contributed by atoms with Crippen molar-refractivity contribution < 1.29 is 4.39 Å². The normalized spacial score (nSPS) is 15.1. The molecule has 0 aromatic heterocycles. The van der Waals surface area contributed by atoms with E-state index in [9.17, 15) is 4.39 Å². The van der Waals surface area contributed by atoms with Gasteiger partial charge in [-0.1, -0.05) is 48.3 Å². The van der Waals surface area contributed by atoms with Gasteiger partial charge in [0.15, 0.2) is 0 Å². The highest BCUT2D eigenvalue weighted by molar-refractivity contribution is 9.09. The van der Waals surface area contributed by atoms with Crippen LogP contribution in [-0.2, 0) is 6.42 Å². The molecule has 0 fully saturated rings. The number of hydrogen-bond acceptors (Lipinski definition) is 0. The van der Waals surface area contributed by atoms with Crippen molar-refractivity contribution in [3.8, 4) is 0 Å². The third-order valence-electron chi connectivity index (χ3n) is 2.56. The van der Waals surface area contributed by atoms with E-state index in [1.807, 2.05) is 6.07 Å². The summed E-state index contributed by atoms with van der Waals surface area (Å²) >= 11 is 3.58. The van der Waals surface area contributed by atoms with Crippen LogP contribution in [-0.4, -0.2) is 4.83 Å². The minimum atomic E-state index is -0.139. The SMILES string of the molecule is CCC(Cc1cccc(F)c1)C(C)Br. The summed E-state index contributed by atoms with van der Waals surface area (Å²) in [7, 11) is 0. The molecule has 1 rings (SSSR count). The molecule has 0 amide bonds. The number of alkyl halides is 1. The first-order valence-corrected chi connectivity index (χ1v) is 5.93. The maximum atomic E-state index is 12.9. The molecule has 1 aromatic carbocycles. The third kappa shape index (κ3) is 3.41. The summed E-state index contributed by atoms with van der Waals surface area (Å²) in [6, 6.07) is 6.87. The molecule has 2 heteroatoms. The van der Waals surface area contributed by atoms with Crippen molar-refractivity contribution in [3.05, 3.63) is 35.6 Å². The van der Waals surface area contributed by atoms with Crippen LogP contribution in [0.15, 0.2) is 24.3 Å². The van der Waals surface area contributed by atoms with Gasteiger partial charge in [0.25, 0.3) is 0 Å². The van der Waals surface area contributed by atoms with E-state index >= 15 is 0 Å². The Hall–Kier alpha value is -0.370. The van der Waals surface area contributed by atoms with Crippen LogP contribution >= 0.6 is 15.9 Å². The van der Waals surface area contributed by atoms with Crippen LogP contribution < -0.4 is 0 Å². The van der Waals surface area contributed by atoms with Gasteiger partial charge in [-0.05, 0) is 30.0 Å². The zero-order chi connectivity index (χ0) is 10.6. The van der Waals surface area contributed by atoms with Gasteiger partial charge in [-0.3, -0.25) is 0 Å². The van der Waals surface area contributed by atoms with Crippen molar-refractivity contribution in [1.82, 2.24) is 0 Å². The molecule has 0 nitrogen and oxygen atoms in total. The lowest BCUT2D eigenvalue weighted by molar-refractivity contribution is 0.506. The van der Waals surface area contributed by atoms with Gasteiger partial charge in [-0.2, -0.15) is 0 Å². The van der Waals surface area contributed by atoms with Crippen LogP contribution in [0.25, 0.3) is 0 Å². The molecule has 0 bridgehead atoms. The lowest BCUT2D eigenvalue weighted by Gasteiger charge is -2.17. The number of hydrogen-bond donors (Lipinski definition) is 0. The molecule has 0 saturated heterocycles. The molecule has 78 valence electrons. The van der Waals surface area contributed by atoms with E-state index in [2.05, 4.69) is 29.8 Å². The summed E-state index contributed by atoms with van der Waals surface area (Å²) < 4.78 is 12.9. The fourth-order valence-electron chi connectivity index (χ4n) is 1.60. The molecular formula is C12H16BrF. The van der Waals surface area contributed by atoms with Crippen molar-refractivity contribution in [2.45, 2.75) is 31.5 Å². The lowest BCUT2D eigenvalue weighted by Crippen LogP contribution is -2.12. The van der Waals surface area contributed by atoms with Crippen LogP contribution in [0.3, 0.4) is 0 Å². The second kappa shape index (κ2) is 5.50. The Morgan fingerprint density at radius 3 is 2.64 bits per heavy atom. The molecule has 0 aliphatic heterocycles. The van der Waals surface area contributed by atoms with Crippen molar-refractivity contribution in [3.63, 3.8) is 0 Å². The zero-order valence-corrected chi connectivity index (χ0v) is 10.2. The van der Waals surface area contributed by atoms with Crippen LogP contribution in [0.1, 0.15) is 25.8 Å². The van der Waals surface area contributed by atoms with Gasteiger partial charge in [-0.25, -0.2) is 4.39 Å². The third-order valence-corrected chi connectivity index (χ3v) is 3.31. The second-order valence-electron chi connectivity index (χ2n) is 3.68. The molecule has 2 unspecified atom stereocenters. The molecule has 0 heterocycles. The van der Waals surface area contributed by atoms with E-state index in [1.165, 1.54) is 6.07 Å². The van der Waals surface area contributed by atoms with Gasteiger partial charge in [0, 0.05) is 4.83 Å². The minimum Gasteiger partial charge on any atom is -0.207 e. The standard InChI is InChI=1S/C12H16BrF/c1-3-11(9(2)13)7-10-5-4-6-12(14)8-10/h4-6,8-9,11H,3,7H2,1-2H3. The highest BCUT2D eigenvalue weighted by atomic mass is 79.9. The van der Waals surface area contributed by atoms with Gasteiger partial charge in [0.1, 0.15) is 5.82 Å².